The van der Waals surface area contributed by atoms with Crippen molar-refractivity contribution in [2.75, 3.05) is 12.8 Å². The number of benzene rings is 1. The molecule has 0 saturated carbocycles. The van der Waals surface area contributed by atoms with E-state index in [4.69, 9.17) is 0 Å². The number of amides is 1. The molecule has 7 heteroatoms. The molecule has 0 radical (unpaired) electrons. The second-order valence-electron chi connectivity index (χ2n) is 6.36. The van der Waals surface area contributed by atoms with Crippen LogP contribution in [0.2, 0.25) is 0 Å². The third-order valence-electron chi connectivity index (χ3n) is 3.70. The average molecular weight is 425 g/mol. The molecule has 0 bridgehead atoms. The summed E-state index contributed by atoms with van der Waals surface area (Å²) >= 11 is 5.02. The van der Waals surface area contributed by atoms with Gasteiger partial charge in [-0.05, 0) is 36.3 Å². The number of hydrogen-bond donors (Lipinski definition) is 1. The summed E-state index contributed by atoms with van der Waals surface area (Å²) in [5.41, 5.74) is 1.02. The van der Waals surface area contributed by atoms with Crippen molar-refractivity contribution in [3.05, 3.63) is 40.1 Å². The van der Waals surface area contributed by atoms with Gasteiger partial charge in [0.15, 0.2) is 5.16 Å². The zero-order valence-corrected chi connectivity index (χ0v) is 17.4. The molecule has 0 aliphatic rings. The standard InChI is InChI=1S/C18H25BrN4OS/c1-13(2)12-23-16(21-22-18(23)25-3)5-4-10-20-17(24)11-14-6-8-15(19)9-7-14/h6-9,13H,4-5,10-12H2,1-3H3,(H,20,24). The summed E-state index contributed by atoms with van der Waals surface area (Å²) in [6.07, 6.45) is 4.11. The molecule has 0 atom stereocenters. The van der Waals surface area contributed by atoms with Gasteiger partial charge in [0.05, 0.1) is 6.42 Å². The summed E-state index contributed by atoms with van der Waals surface area (Å²) in [5, 5.41) is 12.5. The van der Waals surface area contributed by atoms with E-state index < -0.39 is 0 Å². The molecule has 1 amide bonds. The maximum Gasteiger partial charge on any atom is 0.224 e. The zero-order chi connectivity index (χ0) is 18.2. The molecule has 1 N–H and O–H groups in total. The largest absolute Gasteiger partial charge is 0.356 e. The molecule has 0 spiro atoms. The van der Waals surface area contributed by atoms with Gasteiger partial charge in [0.25, 0.3) is 0 Å². The van der Waals surface area contributed by atoms with E-state index in [1.807, 2.05) is 30.5 Å². The summed E-state index contributed by atoms with van der Waals surface area (Å²) in [4.78, 5) is 12.0. The Labute approximate surface area is 162 Å². The van der Waals surface area contributed by atoms with Crippen LogP contribution in [0.1, 0.15) is 31.7 Å². The van der Waals surface area contributed by atoms with Gasteiger partial charge in [0, 0.05) is 24.0 Å². The first kappa shape index (κ1) is 20.0. The van der Waals surface area contributed by atoms with E-state index in [-0.39, 0.29) is 5.91 Å². The summed E-state index contributed by atoms with van der Waals surface area (Å²) in [6.45, 7) is 5.96. The number of carbonyl (C=O) groups excluding carboxylic acids is 1. The van der Waals surface area contributed by atoms with E-state index in [9.17, 15) is 4.79 Å². The van der Waals surface area contributed by atoms with Crippen molar-refractivity contribution in [3.63, 3.8) is 0 Å². The van der Waals surface area contributed by atoms with Crippen LogP contribution in [-0.4, -0.2) is 33.5 Å². The lowest BCUT2D eigenvalue weighted by molar-refractivity contribution is -0.120. The van der Waals surface area contributed by atoms with Crippen LogP contribution >= 0.6 is 27.7 Å². The quantitative estimate of drug-likeness (QED) is 0.492. The number of hydrogen-bond acceptors (Lipinski definition) is 4. The van der Waals surface area contributed by atoms with Crippen molar-refractivity contribution in [2.45, 2.75) is 44.8 Å². The minimum absolute atomic E-state index is 0.0516. The number of aryl methyl sites for hydroxylation is 1. The molecule has 2 aromatic rings. The van der Waals surface area contributed by atoms with Crippen LogP contribution in [0, 0.1) is 5.92 Å². The van der Waals surface area contributed by atoms with E-state index in [1.165, 1.54) is 0 Å². The van der Waals surface area contributed by atoms with E-state index >= 15 is 0 Å². The van der Waals surface area contributed by atoms with Crippen molar-refractivity contribution in [2.24, 2.45) is 5.92 Å². The first-order chi connectivity index (χ1) is 12.0. The van der Waals surface area contributed by atoms with Crippen molar-refractivity contribution in [1.82, 2.24) is 20.1 Å². The molecular weight excluding hydrogens is 400 g/mol. The van der Waals surface area contributed by atoms with Crippen LogP contribution in [-0.2, 0) is 24.2 Å². The Morgan fingerprint density at radius 1 is 1.28 bits per heavy atom. The third kappa shape index (κ3) is 6.47. The first-order valence-corrected chi connectivity index (χ1v) is 10.5. The van der Waals surface area contributed by atoms with Crippen LogP contribution < -0.4 is 5.32 Å². The summed E-state index contributed by atoms with van der Waals surface area (Å²) in [5.74, 6) is 1.60. The van der Waals surface area contributed by atoms with Crippen LogP contribution in [0.15, 0.2) is 33.9 Å². The van der Waals surface area contributed by atoms with Crippen LogP contribution in [0.25, 0.3) is 0 Å². The minimum Gasteiger partial charge on any atom is -0.356 e. The smallest absolute Gasteiger partial charge is 0.224 e. The Bertz CT molecular complexity index is 685. The Balaban J connectivity index is 1.78. The van der Waals surface area contributed by atoms with E-state index in [2.05, 4.69) is 49.9 Å². The Hall–Kier alpha value is -1.34. The second-order valence-corrected chi connectivity index (χ2v) is 8.05. The maximum atomic E-state index is 12.0. The van der Waals surface area contributed by atoms with Gasteiger partial charge in [-0.25, -0.2) is 0 Å². The van der Waals surface area contributed by atoms with Gasteiger partial charge in [0.2, 0.25) is 5.91 Å². The predicted octanol–water partition coefficient (Wildman–Crippen LogP) is 3.71. The molecule has 0 aliphatic heterocycles. The van der Waals surface area contributed by atoms with Gasteiger partial charge in [-0.2, -0.15) is 0 Å². The van der Waals surface area contributed by atoms with E-state index in [1.54, 1.807) is 11.8 Å². The number of carbonyl (C=O) groups is 1. The first-order valence-electron chi connectivity index (χ1n) is 8.46. The molecule has 1 aromatic carbocycles. The highest BCUT2D eigenvalue weighted by molar-refractivity contribution is 9.10. The monoisotopic (exact) mass is 424 g/mol. The van der Waals surface area contributed by atoms with Crippen molar-refractivity contribution in [3.8, 4) is 0 Å². The summed E-state index contributed by atoms with van der Waals surface area (Å²) in [7, 11) is 0. The molecule has 1 heterocycles. The lowest BCUT2D eigenvalue weighted by Crippen LogP contribution is -2.26. The van der Waals surface area contributed by atoms with Crippen molar-refractivity contribution >= 4 is 33.6 Å². The second kappa shape index (κ2) is 9.97. The number of rotatable bonds is 9. The number of nitrogens with zero attached hydrogens (tertiary/aromatic N) is 3. The van der Waals surface area contributed by atoms with Crippen molar-refractivity contribution in [1.29, 1.82) is 0 Å². The highest BCUT2D eigenvalue weighted by atomic mass is 79.9. The fourth-order valence-electron chi connectivity index (χ4n) is 2.53. The number of halogens is 1. The van der Waals surface area contributed by atoms with Crippen LogP contribution in [0.4, 0.5) is 0 Å². The highest BCUT2D eigenvalue weighted by Crippen LogP contribution is 2.16. The Kier molecular flexibility index (Phi) is 7.96. The molecule has 1 aromatic heterocycles. The molecule has 2 rings (SSSR count). The Morgan fingerprint density at radius 2 is 2.00 bits per heavy atom. The molecule has 25 heavy (non-hydrogen) atoms. The molecule has 0 unspecified atom stereocenters. The molecular formula is C18H25BrN4OS. The van der Waals surface area contributed by atoms with Crippen LogP contribution in [0.3, 0.4) is 0 Å². The molecule has 136 valence electrons. The lowest BCUT2D eigenvalue weighted by Gasteiger charge is -2.11. The Morgan fingerprint density at radius 3 is 2.64 bits per heavy atom. The normalized spacial score (nSPS) is 11.1. The van der Waals surface area contributed by atoms with E-state index in [0.29, 0.717) is 18.9 Å². The highest BCUT2D eigenvalue weighted by Gasteiger charge is 2.12. The number of aromatic nitrogens is 3. The number of thioether (sulfide) groups is 1. The number of nitrogens with one attached hydrogen (secondary N) is 1. The molecule has 0 fully saturated rings. The fraction of sp³-hybridized carbons (Fsp3) is 0.500. The van der Waals surface area contributed by atoms with Crippen molar-refractivity contribution < 1.29 is 4.79 Å². The lowest BCUT2D eigenvalue weighted by atomic mass is 10.1. The van der Waals surface area contributed by atoms with Gasteiger partial charge in [0.1, 0.15) is 5.82 Å². The maximum absolute atomic E-state index is 12.0. The zero-order valence-electron chi connectivity index (χ0n) is 15.0. The minimum atomic E-state index is 0.0516. The molecule has 0 saturated heterocycles. The van der Waals surface area contributed by atoms with Gasteiger partial charge in [-0.15, -0.1) is 10.2 Å². The summed E-state index contributed by atoms with van der Waals surface area (Å²) in [6, 6.07) is 7.82. The average Bonchev–Trinajstić information content (AvgIpc) is 2.95. The van der Waals surface area contributed by atoms with Crippen LogP contribution in [0.5, 0.6) is 0 Å². The van der Waals surface area contributed by atoms with Gasteiger partial charge in [-0.3, -0.25) is 4.79 Å². The van der Waals surface area contributed by atoms with E-state index in [0.717, 1.165) is 40.4 Å². The third-order valence-corrected chi connectivity index (χ3v) is 4.90. The topological polar surface area (TPSA) is 59.8 Å². The SMILES string of the molecule is CSc1nnc(CCCNC(=O)Cc2ccc(Br)cc2)n1CC(C)C. The summed E-state index contributed by atoms with van der Waals surface area (Å²) < 4.78 is 3.21. The predicted molar refractivity (Wildman–Crippen MR) is 106 cm³/mol. The van der Waals surface area contributed by atoms with Gasteiger partial charge >= 0.3 is 0 Å². The molecule has 0 aliphatic carbocycles. The fourth-order valence-corrected chi connectivity index (χ4v) is 3.32. The van der Waals surface area contributed by atoms with Gasteiger partial charge < -0.3 is 9.88 Å². The molecule has 5 nitrogen and oxygen atoms in total. The van der Waals surface area contributed by atoms with Gasteiger partial charge in [-0.1, -0.05) is 53.7 Å².